The van der Waals surface area contributed by atoms with Crippen LogP contribution in [-0.4, -0.2) is 244 Å². The lowest BCUT2D eigenvalue weighted by Crippen LogP contribution is -2.59. The Bertz CT molecular complexity index is 3780. The second-order valence-electron chi connectivity index (χ2n) is 31.9. The molecule has 5 saturated heterocycles. The molecule has 10 N–H and O–H groups in total. The van der Waals surface area contributed by atoms with E-state index < -0.39 is 95.1 Å². The van der Waals surface area contributed by atoms with Crippen LogP contribution in [0.1, 0.15) is 113 Å². The Morgan fingerprint density at radius 1 is 0.500 bits per heavy atom. The maximum Gasteiger partial charge on any atom is 0.422 e. The van der Waals surface area contributed by atoms with E-state index in [1.165, 1.54) is 19.2 Å². The number of carbonyl (C=O) groups is 6. The van der Waals surface area contributed by atoms with E-state index in [4.69, 9.17) is 62.7 Å². The molecular formula is C85H131N11O20. The number of nitrogens with two attached hydrogens (primary N) is 1. The molecule has 0 saturated carbocycles. The van der Waals surface area contributed by atoms with Gasteiger partial charge in [0.05, 0.1) is 118 Å². The minimum absolute atomic E-state index is 0. The van der Waals surface area contributed by atoms with E-state index in [0.29, 0.717) is 57.3 Å². The van der Waals surface area contributed by atoms with Gasteiger partial charge in [0, 0.05) is 65.2 Å². The average molecular weight is 1630 g/mol. The Balaban J connectivity index is 0.000000334. The molecule has 5 heterocycles. The summed E-state index contributed by atoms with van der Waals surface area (Å²) in [6.45, 7) is 24.7. The first kappa shape index (κ1) is 95.6. The van der Waals surface area contributed by atoms with Crippen LogP contribution >= 0.6 is 0 Å². The fraction of sp³-hybridized carbons (Fsp3) is 0.576. The van der Waals surface area contributed by atoms with E-state index in [0.717, 1.165) is 90.8 Å². The molecule has 11 atom stereocenters. The molecule has 0 spiro atoms. The molecule has 0 aromatic heterocycles. The standard InChI is InChI=1S/C37H53N5O10.C30H45N5O6.C16H23NO4.2CH4.H2/c1-37(2,3)32(39-35(45)48-5)33(44)38-29(20-24-8-12-27(47-4)13-9-24)30(43)22-42(40-36(46)52-31-23-51-34-28(31)14-17-50-34)21-25-6-10-26(11-7-25)41-15-18-49-19-16-41;1-30(2,3)27(33-29(38)40-5)28(37)32-25(18-21-8-12-24(39-4)13-9-21)26(36)20-35(31)19-22-6-10-23(11-7-22)34-14-16-41-17-15-34;1-16(2,3)21-15(18)17-13(14-10-20-14)9-11-5-7-12(19-4)8-6-11;;;/h6-13,28-32,34,43H,14-23H2,1-5H3,(H,38,44)(H,39,45)(H,40,46);6-13,25-27,36H,14-20,31H2,1-5H3,(H,32,37)(H,33,38);5-8,13-14H,9-10H2,1-4H3,(H,17,18);2*1H4;1H/t28-,29-,30-,31?,32+,34+;25-,26-,27+;13-,14+;;;/m000.../s1/i;;;;;1+1. The summed E-state index contributed by atoms with van der Waals surface area (Å²) in [6.07, 6.45) is -3.52. The minimum Gasteiger partial charge on any atom is -0.497 e. The molecule has 5 aromatic rings. The van der Waals surface area contributed by atoms with Gasteiger partial charge in [-0.3, -0.25) is 20.9 Å². The third-order valence-electron chi connectivity index (χ3n) is 19.8. The number of aliphatic hydroxyl groups is 2. The van der Waals surface area contributed by atoms with Crippen molar-refractivity contribution < 1.29 is 97.2 Å². The first-order valence-electron chi connectivity index (χ1n) is 38.7. The molecule has 31 nitrogen and oxygen atoms in total. The third kappa shape index (κ3) is 31.3. The summed E-state index contributed by atoms with van der Waals surface area (Å²) in [4.78, 5) is 81.2. The van der Waals surface area contributed by atoms with E-state index in [1.54, 1.807) is 38.5 Å². The Labute approximate surface area is 686 Å². The molecule has 5 fully saturated rings. The van der Waals surface area contributed by atoms with Gasteiger partial charge in [0.2, 0.25) is 11.8 Å². The molecule has 0 aliphatic carbocycles. The molecule has 0 bridgehead atoms. The van der Waals surface area contributed by atoms with Crippen LogP contribution in [0.5, 0.6) is 17.2 Å². The Hall–Kier alpha value is -9.28. The van der Waals surface area contributed by atoms with Gasteiger partial charge in [-0.05, 0) is 146 Å². The maximum atomic E-state index is 13.8. The van der Waals surface area contributed by atoms with Gasteiger partial charge >= 0.3 is 24.4 Å². The number of aliphatic hydroxyl groups excluding tert-OH is 2. The fourth-order valence-electron chi connectivity index (χ4n) is 13.4. The summed E-state index contributed by atoms with van der Waals surface area (Å²) in [6, 6.07) is 35.3. The largest absolute Gasteiger partial charge is 0.497 e. The van der Waals surface area contributed by atoms with Crippen molar-refractivity contribution in [3.8, 4) is 17.2 Å². The van der Waals surface area contributed by atoms with Crippen LogP contribution in [0.2, 0.25) is 0 Å². The lowest BCUT2D eigenvalue weighted by atomic mass is 9.85. The number of hydrazine groups is 2. The zero-order valence-electron chi connectivity index (χ0n) is 68.4. The normalized spacial score (nSPS) is 18.9. The first-order valence-corrected chi connectivity index (χ1v) is 38.7. The Morgan fingerprint density at radius 2 is 0.905 bits per heavy atom. The number of nitrogens with one attached hydrogen (secondary N) is 6. The van der Waals surface area contributed by atoms with Crippen LogP contribution < -0.4 is 61.9 Å². The van der Waals surface area contributed by atoms with E-state index >= 15 is 0 Å². The number of fused-ring (bicyclic) bond motifs is 1. The van der Waals surface area contributed by atoms with Crippen molar-refractivity contribution in [1.82, 2.24) is 42.0 Å². The number of nitrogens with zero attached hydrogens (tertiary/aromatic N) is 4. The number of anilines is 2. The number of ether oxygens (including phenoxy) is 12. The van der Waals surface area contributed by atoms with Crippen molar-refractivity contribution in [3.05, 3.63) is 149 Å². The summed E-state index contributed by atoms with van der Waals surface area (Å²) in [5.41, 5.74) is 7.96. The molecular weight excluding hydrogens is 1490 g/mol. The maximum absolute atomic E-state index is 13.8. The number of hydrogen-bond acceptors (Lipinski definition) is 25. The van der Waals surface area contributed by atoms with Crippen LogP contribution in [0.25, 0.3) is 0 Å². The predicted molar refractivity (Wildman–Crippen MR) is 443 cm³/mol. The number of epoxide rings is 1. The van der Waals surface area contributed by atoms with Crippen LogP contribution in [0.3, 0.4) is 0 Å². The monoisotopic (exact) mass is 1630 g/mol. The molecule has 116 heavy (non-hydrogen) atoms. The number of amides is 6. The van der Waals surface area contributed by atoms with Gasteiger partial charge in [-0.1, -0.05) is 117 Å². The van der Waals surface area contributed by atoms with Gasteiger partial charge in [-0.2, -0.15) is 0 Å². The van der Waals surface area contributed by atoms with Crippen LogP contribution in [0.15, 0.2) is 121 Å². The highest BCUT2D eigenvalue weighted by molar-refractivity contribution is 5.87. The van der Waals surface area contributed by atoms with Gasteiger partial charge in [-0.25, -0.2) is 29.2 Å². The second-order valence-corrected chi connectivity index (χ2v) is 31.9. The number of hydrogen-bond donors (Lipinski definition) is 9. The van der Waals surface area contributed by atoms with Crippen molar-refractivity contribution in [3.63, 3.8) is 0 Å². The summed E-state index contributed by atoms with van der Waals surface area (Å²) in [7, 11) is 7.28. The molecule has 646 valence electrons. The van der Waals surface area contributed by atoms with E-state index in [1.807, 2.05) is 159 Å². The first-order chi connectivity index (χ1) is 54.3. The molecule has 1 unspecified atom stereocenters. The molecule has 31 heteroatoms. The molecule has 0 radical (unpaired) electrons. The average Bonchev–Trinajstić information content (AvgIpc) is 1.66. The van der Waals surface area contributed by atoms with Gasteiger partial charge in [0.1, 0.15) is 47.1 Å². The van der Waals surface area contributed by atoms with E-state index in [2.05, 4.69) is 53.9 Å². The lowest BCUT2D eigenvalue weighted by Gasteiger charge is -2.34. The van der Waals surface area contributed by atoms with E-state index in [9.17, 15) is 39.0 Å². The molecule has 5 aliphatic heterocycles. The van der Waals surface area contributed by atoms with Crippen molar-refractivity contribution >= 4 is 47.6 Å². The Morgan fingerprint density at radius 3 is 1.30 bits per heavy atom. The van der Waals surface area contributed by atoms with Crippen molar-refractivity contribution in [2.75, 3.05) is 131 Å². The van der Waals surface area contributed by atoms with E-state index in [-0.39, 0.29) is 73.3 Å². The fourth-order valence-corrected chi connectivity index (χ4v) is 13.4. The topological polar surface area (TPSA) is 368 Å². The number of benzene rings is 5. The van der Waals surface area contributed by atoms with Gasteiger partial charge < -0.3 is 103 Å². The SMILES string of the molecule is C.C.COC(=O)N[C@H](C(=O)N[C@@H](Cc1ccc(OC)cc1)[C@@H](O)CN(Cc1ccc(N2CCOCC2)cc1)NC(=O)OC1CO[C@H]2OCC[C@@H]12)C(C)(C)C.COC(=O)N[C@H](C(=O)N[C@@H](Cc1ccc(OC)cc1)[C@@H](O)CN(N)Cc1ccc(N2CCOCC2)cc1)C(C)(C)C.COc1ccc(C[C@H](NC(=O)OC(C)(C)C)[C@H]2CO2)cc1.[2HH]. The smallest absolute Gasteiger partial charge is 0.422 e. The summed E-state index contributed by atoms with van der Waals surface area (Å²) < 4.78 is 63.8. The number of morpholine rings is 2. The third-order valence-corrected chi connectivity index (χ3v) is 19.8. The van der Waals surface area contributed by atoms with Gasteiger partial charge in [0.25, 0.3) is 0 Å². The summed E-state index contributed by atoms with van der Waals surface area (Å²) in [5.74, 6) is 7.56. The quantitative estimate of drug-likeness (QED) is 0.00866. The van der Waals surface area contributed by atoms with Gasteiger partial charge in [0.15, 0.2) is 6.29 Å². The molecule has 5 aliphatic rings. The van der Waals surface area contributed by atoms with Gasteiger partial charge in [-0.15, -0.1) is 0 Å². The van der Waals surface area contributed by atoms with Crippen molar-refractivity contribution in [1.29, 1.82) is 0 Å². The Kier molecular flexibility index (Phi) is 37.9. The zero-order valence-corrected chi connectivity index (χ0v) is 68.4. The van der Waals surface area contributed by atoms with Crippen molar-refractivity contribution in [2.45, 2.75) is 182 Å². The second kappa shape index (κ2) is 46.0. The number of carbonyl (C=O) groups excluding carboxylic acids is 6. The highest BCUT2D eigenvalue weighted by atomic mass is 16.7. The molecule has 10 rings (SSSR count). The lowest BCUT2D eigenvalue weighted by molar-refractivity contribution is -0.128. The van der Waals surface area contributed by atoms with Crippen molar-refractivity contribution in [2.24, 2.45) is 22.6 Å². The summed E-state index contributed by atoms with van der Waals surface area (Å²) >= 11 is 0. The zero-order chi connectivity index (χ0) is 82.7. The number of rotatable bonds is 31. The minimum atomic E-state index is -1.19. The highest BCUT2D eigenvalue weighted by Crippen LogP contribution is 2.34. The predicted octanol–water partition coefficient (Wildman–Crippen LogP) is 8.71. The van der Waals surface area contributed by atoms with Crippen LogP contribution in [-0.2, 0) is 84.6 Å². The van der Waals surface area contributed by atoms with Crippen LogP contribution in [0.4, 0.5) is 30.6 Å². The molecule has 6 amide bonds. The summed E-state index contributed by atoms with van der Waals surface area (Å²) in [5, 5.41) is 40.4. The number of methoxy groups -OCH3 is 5. The van der Waals surface area contributed by atoms with Crippen LogP contribution in [0, 0.1) is 16.7 Å². The molecule has 5 aromatic carbocycles. The highest BCUT2D eigenvalue weighted by Gasteiger charge is 2.45. The number of alkyl carbamates (subject to hydrolysis) is 3.